The van der Waals surface area contributed by atoms with Gasteiger partial charge in [0.05, 0.1) is 33.3 Å². The van der Waals surface area contributed by atoms with Crippen molar-refractivity contribution < 1.29 is 24.1 Å². The Morgan fingerprint density at radius 2 is 1.55 bits per heavy atom. The van der Waals surface area contributed by atoms with E-state index in [0.29, 0.717) is 23.4 Å². The van der Waals surface area contributed by atoms with Gasteiger partial charge in [-0.25, -0.2) is 19.9 Å². The van der Waals surface area contributed by atoms with Gasteiger partial charge in [-0.05, 0) is 47.4 Å². The summed E-state index contributed by atoms with van der Waals surface area (Å²) in [5, 5.41) is 11.3. The molecule has 47 heavy (non-hydrogen) atoms. The van der Waals surface area contributed by atoms with Crippen LogP contribution in [0.4, 0.5) is 5.82 Å². The third-order valence-corrected chi connectivity index (χ3v) is 9.06. The van der Waals surface area contributed by atoms with Crippen molar-refractivity contribution in [3.63, 3.8) is 0 Å². The first-order valence-corrected chi connectivity index (χ1v) is 15.8. The maximum atomic E-state index is 11.3. The van der Waals surface area contributed by atoms with E-state index in [-0.39, 0.29) is 6.61 Å². The number of aliphatic hydroxyl groups excluding tert-OH is 1. The van der Waals surface area contributed by atoms with E-state index in [1.54, 1.807) is 20.5 Å². The predicted octanol–water partition coefficient (Wildman–Crippen LogP) is 5.26. The lowest BCUT2D eigenvalue weighted by Crippen LogP contribution is -2.38. The van der Waals surface area contributed by atoms with Gasteiger partial charge in [0.25, 0.3) is 0 Å². The summed E-state index contributed by atoms with van der Waals surface area (Å²) in [6.07, 6.45) is 3.60. The molecule has 3 atom stereocenters. The molecular weight excluding hydrogens is 596 g/mol. The van der Waals surface area contributed by atoms with Crippen LogP contribution < -0.4 is 9.47 Å². The minimum Gasteiger partial charge on any atom is -0.497 e. The summed E-state index contributed by atoms with van der Waals surface area (Å²) in [5.41, 5.74) is 2.90. The fourth-order valence-corrected chi connectivity index (χ4v) is 6.51. The van der Waals surface area contributed by atoms with E-state index in [1.807, 2.05) is 90.5 Å². The first kappa shape index (κ1) is 30.8. The third-order valence-electron chi connectivity index (χ3n) is 9.06. The second-order valence-corrected chi connectivity index (χ2v) is 11.8. The molecule has 5 aromatic rings. The van der Waals surface area contributed by atoms with Crippen LogP contribution in [0.15, 0.2) is 96.5 Å². The van der Waals surface area contributed by atoms with Crippen LogP contribution in [-0.4, -0.2) is 82.0 Å². The van der Waals surface area contributed by atoms with Gasteiger partial charge in [-0.15, -0.1) is 0 Å². The number of hydrogen-bond acceptors (Lipinski definition) is 9. The van der Waals surface area contributed by atoms with Crippen LogP contribution in [0.5, 0.6) is 11.5 Å². The molecule has 11 nitrogen and oxygen atoms in total. The molecule has 2 saturated heterocycles. The SMILES string of the molecule is COc1ccc(C(OC[C@H]2O[C@@H](n3cnc4c(/N=C5/CCCN5C)ncnc43)C[C@@H]2O)(c2ccccc2)c2ccc(OC)cc2)cc1. The topological polar surface area (TPSA) is 116 Å². The molecule has 2 aliphatic heterocycles. The van der Waals surface area contributed by atoms with Crippen molar-refractivity contribution in [3.8, 4) is 11.5 Å². The van der Waals surface area contributed by atoms with Gasteiger partial charge in [-0.1, -0.05) is 54.6 Å². The average molecular weight is 635 g/mol. The fraction of sp³-hybridized carbons (Fsp3) is 0.333. The summed E-state index contributed by atoms with van der Waals surface area (Å²) in [7, 11) is 5.33. The Morgan fingerprint density at radius 3 is 2.17 bits per heavy atom. The second-order valence-electron chi connectivity index (χ2n) is 11.8. The molecule has 0 unspecified atom stereocenters. The smallest absolute Gasteiger partial charge is 0.185 e. The highest BCUT2D eigenvalue weighted by Crippen LogP contribution is 2.43. The third kappa shape index (κ3) is 5.82. The number of aromatic nitrogens is 4. The highest BCUT2D eigenvalue weighted by molar-refractivity contribution is 5.90. The minimum absolute atomic E-state index is 0.109. The van der Waals surface area contributed by atoms with Crippen LogP contribution in [0.25, 0.3) is 11.2 Å². The van der Waals surface area contributed by atoms with Crippen LogP contribution in [0.2, 0.25) is 0 Å². The molecule has 7 rings (SSSR count). The Morgan fingerprint density at radius 1 is 0.894 bits per heavy atom. The summed E-state index contributed by atoms with van der Waals surface area (Å²) in [6, 6.07) is 25.8. The number of nitrogens with zero attached hydrogens (tertiary/aromatic N) is 6. The molecule has 0 spiro atoms. The first-order valence-electron chi connectivity index (χ1n) is 15.8. The van der Waals surface area contributed by atoms with Crippen LogP contribution >= 0.6 is 0 Å². The number of benzene rings is 3. The van der Waals surface area contributed by atoms with Crippen LogP contribution in [0.1, 0.15) is 42.2 Å². The van der Waals surface area contributed by atoms with Gasteiger partial charge in [-0.2, -0.15) is 0 Å². The van der Waals surface area contributed by atoms with E-state index in [2.05, 4.69) is 19.9 Å². The van der Waals surface area contributed by atoms with Crippen molar-refractivity contribution in [1.29, 1.82) is 0 Å². The van der Waals surface area contributed by atoms with E-state index in [0.717, 1.165) is 53.4 Å². The van der Waals surface area contributed by atoms with Gasteiger partial charge in [0.2, 0.25) is 0 Å². The van der Waals surface area contributed by atoms with Crippen molar-refractivity contribution in [2.24, 2.45) is 4.99 Å². The van der Waals surface area contributed by atoms with Crippen LogP contribution in [0.3, 0.4) is 0 Å². The summed E-state index contributed by atoms with van der Waals surface area (Å²) in [6.45, 7) is 1.08. The number of hydrogen-bond donors (Lipinski definition) is 1. The monoisotopic (exact) mass is 634 g/mol. The molecular formula is C36H38N6O5. The molecule has 0 radical (unpaired) electrons. The van der Waals surface area contributed by atoms with Crippen molar-refractivity contribution in [1.82, 2.24) is 24.4 Å². The number of imidazole rings is 1. The summed E-state index contributed by atoms with van der Waals surface area (Å²) < 4.78 is 26.3. The Kier molecular flexibility index (Phi) is 8.59. The number of aliphatic hydroxyl groups is 1. The number of aliphatic imine (C=N–C) groups is 1. The van der Waals surface area contributed by atoms with Crippen molar-refractivity contribution in [2.45, 2.75) is 43.3 Å². The normalized spacial score (nSPS) is 20.7. The van der Waals surface area contributed by atoms with Crippen LogP contribution in [0, 0.1) is 0 Å². The zero-order chi connectivity index (χ0) is 32.4. The van der Waals surface area contributed by atoms with Gasteiger partial charge in [-0.3, -0.25) is 4.57 Å². The predicted molar refractivity (Wildman–Crippen MR) is 177 cm³/mol. The highest BCUT2D eigenvalue weighted by atomic mass is 16.6. The number of fused-ring (bicyclic) bond motifs is 1. The molecule has 0 saturated carbocycles. The molecule has 4 heterocycles. The zero-order valence-electron chi connectivity index (χ0n) is 26.7. The molecule has 2 aliphatic rings. The standard InChI is InChI=1S/C36H38N6O5/c1-41-19-7-10-31(41)40-34-33-35(38-22-37-34)42(23-39-33)32-20-29(43)30(47-32)21-46-36(24-8-5-4-6-9-24,25-11-15-27(44-2)16-12-25)26-13-17-28(45-3)18-14-26/h4-6,8-9,11-18,22-23,29-30,32,43H,7,10,19-21H2,1-3H3/b40-31-/t29-,30+,32+/m0/s1. The Hall–Kier alpha value is -4.84. The maximum absolute atomic E-state index is 11.3. The van der Waals surface area contributed by atoms with Gasteiger partial charge in [0.1, 0.15) is 41.6 Å². The summed E-state index contributed by atoms with van der Waals surface area (Å²) >= 11 is 0. The van der Waals surface area contributed by atoms with Crippen molar-refractivity contribution in [3.05, 3.63) is 108 Å². The van der Waals surface area contributed by atoms with Gasteiger partial charge in [0, 0.05) is 26.4 Å². The molecule has 3 aromatic carbocycles. The lowest BCUT2D eigenvalue weighted by Gasteiger charge is -2.37. The van der Waals surface area contributed by atoms with E-state index < -0.39 is 24.0 Å². The van der Waals surface area contributed by atoms with Gasteiger partial charge >= 0.3 is 0 Å². The molecule has 242 valence electrons. The molecule has 1 N–H and O–H groups in total. The summed E-state index contributed by atoms with van der Waals surface area (Å²) in [5.74, 6) is 3.00. The number of ether oxygens (including phenoxy) is 4. The Bertz CT molecular complexity index is 1800. The average Bonchev–Trinajstić information content (AvgIpc) is 3.84. The lowest BCUT2D eigenvalue weighted by molar-refractivity contribution is -0.0931. The molecule has 11 heteroatoms. The number of likely N-dealkylation sites (tertiary alicyclic amines) is 1. The van der Waals surface area contributed by atoms with E-state index >= 15 is 0 Å². The fourth-order valence-electron chi connectivity index (χ4n) is 6.51. The highest BCUT2D eigenvalue weighted by Gasteiger charge is 2.42. The minimum atomic E-state index is -1.03. The van der Waals surface area contributed by atoms with E-state index in [9.17, 15) is 5.11 Å². The maximum Gasteiger partial charge on any atom is 0.185 e. The van der Waals surface area contributed by atoms with Gasteiger partial charge < -0.3 is 29.0 Å². The number of amidine groups is 1. The Labute approximate surface area is 273 Å². The Balaban J connectivity index is 1.20. The zero-order valence-corrected chi connectivity index (χ0v) is 26.7. The van der Waals surface area contributed by atoms with Crippen molar-refractivity contribution >= 4 is 22.8 Å². The second kappa shape index (κ2) is 13.1. The molecule has 0 bridgehead atoms. The summed E-state index contributed by atoms with van der Waals surface area (Å²) in [4.78, 5) is 20.5. The number of methoxy groups -OCH3 is 2. The van der Waals surface area contributed by atoms with Crippen molar-refractivity contribution in [2.75, 3.05) is 34.4 Å². The van der Waals surface area contributed by atoms with E-state index in [1.165, 1.54) is 6.33 Å². The molecule has 0 aliphatic carbocycles. The van der Waals surface area contributed by atoms with E-state index in [4.69, 9.17) is 23.9 Å². The molecule has 0 amide bonds. The first-order chi connectivity index (χ1) is 23.0. The number of rotatable bonds is 10. The molecule has 2 aromatic heterocycles. The largest absolute Gasteiger partial charge is 0.497 e. The van der Waals surface area contributed by atoms with Gasteiger partial charge in [0.15, 0.2) is 17.0 Å². The molecule has 2 fully saturated rings. The lowest BCUT2D eigenvalue weighted by atomic mass is 9.80. The van der Waals surface area contributed by atoms with Crippen LogP contribution in [-0.2, 0) is 15.1 Å². The quantitative estimate of drug-likeness (QED) is 0.206.